The molecule has 0 aliphatic rings. The van der Waals surface area contributed by atoms with E-state index < -0.39 is 0 Å². The topological polar surface area (TPSA) is 89.2 Å². The monoisotopic (exact) mass is 322 g/mol. The van der Waals surface area contributed by atoms with Crippen LogP contribution in [-0.2, 0) is 26.2 Å². The molecule has 0 saturated heterocycles. The van der Waals surface area contributed by atoms with Crippen molar-refractivity contribution in [1.82, 2.24) is 0 Å². The van der Waals surface area contributed by atoms with E-state index in [1.165, 1.54) is 20.6 Å². The zero-order valence-electron chi connectivity index (χ0n) is 5.92. The summed E-state index contributed by atoms with van der Waals surface area (Å²) in [5, 5.41) is 33.9. The number of hydrogen-bond donors (Lipinski definition) is 0. The maximum Gasteiger partial charge on any atom is 4.00 e. The predicted octanol–water partition coefficient (Wildman–Crippen LogP) is 2.63. The molecule has 0 spiro atoms. The number of thiocarbonyl (C=S) groups is 4. The molecule has 4 nitrogen and oxygen atoms in total. The molecule has 0 fully saturated rings. The van der Waals surface area contributed by atoms with Crippen LogP contribution < -0.4 is 0 Å². The summed E-state index contributed by atoms with van der Waals surface area (Å²) in [6.07, 6.45) is 0. The van der Waals surface area contributed by atoms with E-state index in [1.807, 2.05) is 0 Å². The fourth-order valence-corrected chi connectivity index (χ4v) is 0. The largest absolute Gasteiger partial charge is 4.00 e. The van der Waals surface area contributed by atoms with Gasteiger partial charge in [0.2, 0.25) is 0 Å². The molecular weight excluding hydrogens is 324 g/mol. The van der Waals surface area contributed by atoms with Gasteiger partial charge in [0.05, 0.1) is 0 Å². The Labute approximate surface area is 116 Å². The number of hydrogen-bond acceptors (Lipinski definition) is 4. The average Bonchev–Trinajstić information content (AvgIpc) is 1.92. The van der Waals surface area contributed by atoms with Gasteiger partial charge in [0.25, 0.3) is 0 Å². The molecule has 64 valence electrons. The first-order valence-electron chi connectivity index (χ1n) is 1.71. The van der Waals surface area contributed by atoms with Crippen molar-refractivity contribution in [1.29, 1.82) is 0 Å². The van der Waals surface area contributed by atoms with Gasteiger partial charge in [0, 0.05) is 0 Å². The number of isothiocyanates is 4. The maximum absolute atomic E-state index is 7.13. The second-order valence-electron chi connectivity index (χ2n) is 0.365. The summed E-state index contributed by atoms with van der Waals surface area (Å²) in [4.78, 5) is 0. The van der Waals surface area contributed by atoms with Crippen LogP contribution in [0.4, 0.5) is 0 Å². The SMILES string of the molecule is [N-]=C=S.[N-]=C=S.[N-]=C=S.[N-]=C=S.[Zr+4]. The van der Waals surface area contributed by atoms with Gasteiger partial charge >= 0.3 is 26.2 Å². The third kappa shape index (κ3) is 178000. The predicted molar refractivity (Wildman–Crippen MR) is 63.8 cm³/mol. The fraction of sp³-hybridized carbons (Fsp3) is 0. The summed E-state index contributed by atoms with van der Waals surface area (Å²) in [7, 11) is 0. The van der Waals surface area contributed by atoms with E-state index >= 15 is 0 Å². The van der Waals surface area contributed by atoms with E-state index in [2.05, 4.69) is 48.9 Å². The Kier molecular flexibility index (Phi) is 200. The van der Waals surface area contributed by atoms with E-state index in [0.29, 0.717) is 0 Å². The van der Waals surface area contributed by atoms with Crippen LogP contribution in [0.3, 0.4) is 0 Å². The van der Waals surface area contributed by atoms with Crippen LogP contribution in [0.15, 0.2) is 0 Å². The minimum Gasteiger partial charge on any atom is -0.753 e. The first kappa shape index (κ1) is 29.2. The Bertz CT molecular complexity index is 156. The molecule has 0 bridgehead atoms. The van der Waals surface area contributed by atoms with E-state index in [4.69, 9.17) is 21.6 Å². The van der Waals surface area contributed by atoms with Crippen LogP contribution in [-0.4, -0.2) is 20.6 Å². The second-order valence-corrected chi connectivity index (χ2v) is 1.10. The van der Waals surface area contributed by atoms with Crippen LogP contribution in [0.1, 0.15) is 0 Å². The van der Waals surface area contributed by atoms with Crippen LogP contribution in [0.5, 0.6) is 0 Å². The van der Waals surface area contributed by atoms with E-state index in [0.717, 1.165) is 0 Å². The summed E-state index contributed by atoms with van der Waals surface area (Å²) in [5.41, 5.74) is 0. The first-order chi connectivity index (χ1) is 5.66. The Morgan fingerprint density at radius 3 is 0.538 bits per heavy atom. The standard InChI is InChI=1S/4CNS.Zr/c4*2-1-3;/q4*-1;+4. The Morgan fingerprint density at radius 2 is 0.538 bits per heavy atom. The van der Waals surface area contributed by atoms with Crippen LogP contribution in [0, 0.1) is 0 Å². The zero-order valence-corrected chi connectivity index (χ0v) is 11.6. The van der Waals surface area contributed by atoms with Crippen molar-refractivity contribution in [3.8, 4) is 0 Å². The minimum absolute atomic E-state index is 0. The first-order valence-corrected chi connectivity index (χ1v) is 3.34. The van der Waals surface area contributed by atoms with E-state index in [-0.39, 0.29) is 26.2 Å². The molecule has 0 unspecified atom stereocenters. The molecule has 0 aromatic rings. The molecule has 0 aromatic heterocycles. The van der Waals surface area contributed by atoms with Crippen molar-refractivity contribution in [3.05, 3.63) is 21.6 Å². The van der Waals surface area contributed by atoms with Gasteiger partial charge in [-0.3, -0.25) is 0 Å². The molecule has 0 N–H and O–H groups in total. The van der Waals surface area contributed by atoms with E-state index in [1.54, 1.807) is 0 Å². The molecule has 9 heteroatoms. The van der Waals surface area contributed by atoms with Crippen molar-refractivity contribution < 1.29 is 26.2 Å². The van der Waals surface area contributed by atoms with Gasteiger partial charge in [-0.25, -0.2) is 0 Å². The van der Waals surface area contributed by atoms with Gasteiger partial charge in [0.15, 0.2) is 0 Å². The molecule has 0 rings (SSSR count). The summed E-state index contributed by atoms with van der Waals surface area (Å²) < 4.78 is 0. The Hall–Kier alpha value is 0.0831. The van der Waals surface area contributed by atoms with Crippen LogP contribution in [0.2, 0.25) is 0 Å². The van der Waals surface area contributed by atoms with E-state index in [9.17, 15) is 0 Å². The minimum atomic E-state index is 0. The van der Waals surface area contributed by atoms with Gasteiger partial charge in [-0.2, -0.15) is 20.6 Å². The molecule has 0 aromatic carbocycles. The van der Waals surface area contributed by atoms with Crippen molar-refractivity contribution >= 4 is 69.5 Å². The van der Waals surface area contributed by atoms with Gasteiger partial charge < -0.3 is 21.6 Å². The quantitative estimate of drug-likeness (QED) is 0.506. The van der Waals surface area contributed by atoms with Crippen molar-refractivity contribution in [2.45, 2.75) is 0 Å². The third-order valence-electron chi connectivity index (χ3n) is 0. The normalized spacial score (nSPS) is 2.46. The van der Waals surface area contributed by atoms with Crippen LogP contribution in [0.25, 0.3) is 21.6 Å². The smallest absolute Gasteiger partial charge is 0.753 e. The summed E-state index contributed by atoms with van der Waals surface area (Å²) in [5.74, 6) is 0. The fourth-order valence-electron chi connectivity index (χ4n) is 0. The second kappa shape index (κ2) is 89.0. The van der Waals surface area contributed by atoms with Crippen molar-refractivity contribution in [2.75, 3.05) is 0 Å². The van der Waals surface area contributed by atoms with Crippen molar-refractivity contribution in [3.63, 3.8) is 0 Å². The Morgan fingerprint density at radius 1 is 0.538 bits per heavy atom. The maximum atomic E-state index is 7.13. The summed E-state index contributed by atoms with van der Waals surface area (Å²) in [6, 6.07) is 0. The summed E-state index contributed by atoms with van der Waals surface area (Å²) >= 11 is 14.8. The summed E-state index contributed by atoms with van der Waals surface area (Å²) in [6.45, 7) is 0. The molecule has 0 heterocycles. The molecule has 13 heavy (non-hydrogen) atoms. The molecule has 0 radical (unpaired) electrons. The zero-order chi connectivity index (χ0) is 10.8. The molecule has 0 aliphatic heterocycles. The third-order valence-corrected chi connectivity index (χ3v) is 0. The molecule has 0 amide bonds. The molecule has 0 atom stereocenters. The van der Waals surface area contributed by atoms with Gasteiger partial charge in [-0.15, -0.1) is 0 Å². The van der Waals surface area contributed by atoms with Crippen LogP contribution >= 0.6 is 48.9 Å². The Balaban J connectivity index is -0.0000000213. The number of rotatable bonds is 0. The van der Waals surface area contributed by atoms with Gasteiger partial charge in [0.1, 0.15) is 0 Å². The molecular formula is C4N4S4Zr. The molecule has 0 aliphatic carbocycles. The number of nitrogens with zero attached hydrogens (tertiary/aromatic N) is 4. The molecule has 0 saturated carbocycles. The van der Waals surface area contributed by atoms with Crippen molar-refractivity contribution in [2.24, 2.45) is 0 Å². The van der Waals surface area contributed by atoms with Gasteiger partial charge in [-0.05, 0) is 0 Å². The van der Waals surface area contributed by atoms with Gasteiger partial charge in [-0.1, -0.05) is 48.9 Å². The average molecular weight is 324 g/mol.